The van der Waals surface area contributed by atoms with Gasteiger partial charge in [0.05, 0.1) is 16.6 Å². The fourth-order valence-corrected chi connectivity index (χ4v) is 3.73. The van der Waals surface area contributed by atoms with Gasteiger partial charge >= 0.3 is 6.09 Å². The summed E-state index contributed by atoms with van der Waals surface area (Å²) in [4.78, 5) is 18.4. The maximum Gasteiger partial charge on any atom is 0.420 e. The molecule has 160 valence electrons. The number of amides is 1. The molecule has 0 fully saturated rings. The molecule has 3 aromatic carbocycles. The number of para-hydroxylation sites is 1. The molecule has 0 saturated carbocycles. The predicted molar refractivity (Wildman–Crippen MR) is 129 cm³/mol. The second kappa shape index (κ2) is 8.86. The van der Waals surface area contributed by atoms with Crippen molar-refractivity contribution in [1.29, 1.82) is 0 Å². The van der Waals surface area contributed by atoms with Gasteiger partial charge in [-0.2, -0.15) is 0 Å². The zero-order valence-electron chi connectivity index (χ0n) is 17.0. The summed E-state index contributed by atoms with van der Waals surface area (Å²) < 4.78 is 7.54. The highest BCUT2D eigenvalue weighted by atomic mass is 35.5. The van der Waals surface area contributed by atoms with E-state index >= 15 is 0 Å². The minimum Gasteiger partial charge on any atom is -0.389 e. The summed E-state index contributed by atoms with van der Waals surface area (Å²) in [6, 6.07) is 22.5. The quantitative estimate of drug-likeness (QED) is 0.315. The Kier molecular flexibility index (Phi) is 5.99. The third kappa shape index (κ3) is 3.86. The predicted octanol–water partition coefficient (Wildman–Crippen LogP) is 6.28. The Morgan fingerprint density at radius 2 is 1.75 bits per heavy atom. The first-order chi connectivity index (χ1) is 15.1. The molecule has 32 heavy (non-hydrogen) atoms. The molecule has 0 spiro atoms. The summed E-state index contributed by atoms with van der Waals surface area (Å²) >= 11 is 6.18. The van der Waals surface area contributed by atoms with E-state index in [4.69, 9.17) is 16.3 Å². The lowest BCUT2D eigenvalue weighted by molar-refractivity contribution is 0.207. The molecule has 2 heterocycles. The summed E-state index contributed by atoms with van der Waals surface area (Å²) in [5, 5.41) is 7.84. The van der Waals surface area contributed by atoms with E-state index in [1.807, 2.05) is 72.8 Å². The fourth-order valence-electron chi connectivity index (χ4n) is 3.55. The Morgan fingerprint density at radius 1 is 1.00 bits per heavy atom. The molecule has 0 aliphatic rings. The van der Waals surface area contributed by atoms with Crippen molar-refractivity contribution in [3.8, 4) is 11.6 Å². The number of ether oxygens (including phenoxy) is 1. The van der Waals surface area contributed by atoms with Gasteiger partial charge in [-0.05, 0) is 53.2 Å². The number of carbonyl (C=O) groups excluding carboxylic acids is 1. The van der Waals surface area contributed by atoms with E-state index in [2.05, 4.69) is 10.1 Å². The van der Waals surface area contributed by atoms with E-state index < -0.39 is 6.09 Å². The first kappa shape index (κ1) is 21.6. The molecule has 8 heteroatoms. The van der Waals surface area contributed by atoms with E-state index in [9.17, 15) is 4.79 Å². The van der Waals surface area contributed by atoms with Crippen LogP contribution >= 0.6 is 24.0 Å². The number of benzene rings is 3. The molecule has 0 aliphatic heterocycles. The molecule has 5 rings (SSSR count). The summed E-state index contributed by atoms with van der Waals surface area (Å²) in [6.07, 6.45) is 2.86. The first-order valence-electron chi connectivity index (χ1n) is 9.64. The van der Waals surface area contributed by atoms with Gasteiger partial charge in [0.15, 0.2) is 0 Å². The van der Waals surface area contributed by atoms with E-state index in [-0.39, 0.29) is 18.3 Å². The number of carbonyl (C=O) groups is 1. The van der Waals surface area contributed by atoms with Crippen molar-refractivity contribution >= 4 is 57.5 Å². The lowest BCUT2D eigenvalue weighted by Gasteiger charge is -2.16. The second-order valence-corrected chi connectivity index (χ2v) is 7.45. The highest BCUT2D eigenvalue weighted by molar-refractivity contribution is 6.31. The summed E-state index contributed by atoms with van der Waals surface area (Å²) in [7, 11) is 1.66. The molecule has 2 aromatic heterocycles. The molecular weight excluding hydrogens is 447 g/mol. The summed E-state index contributed by atoms with van der Waals surface area (Å²) in [6.45, 7) is 0. The smallest absolute Gasteiger partial charge is 0.389 e. The maximum atomic E-state index is 12.9. The summed E-state index contributed by atoms with van der Waals surface area (Å²) in [5.41, 5.74) is 2.35. The van der Waals surface area contributed by atoms with Gasteiger partial charge in [-0.15, -0.1) is 17.5 Å². The van der Waals surface area contributed by atoms with Crippen LogP contribution in [0.1, 0.15) is 0 Å². The number of pyridine rings is 1. The number of fused-ring (bicyclic) bond motifs is 3. The average molecular weight is 465 g/mol. The third-order valence-corrected chi connectivity index (χ3v) is 5.34. The Morgan fingerprint density at radius 3 is 2.50 bits per heavy atom. The van der Waals surface area contributed by atoms with Gasteiger partial charge in [0.25, 0.3) is 5.88 Å². The minimum atomic E-state index is -0.529. The molecule has 0 radical (unpaired) electrons. The molecule has 0 bridgehead atoms. The van der Waals surface area contributed by atoms with Crippen LogP contribution in [0.5, 0.6) is 5.88 Å². The monoisotopic (exact) mass is 464 g/mol. The highest BCUT2D eigenvalue weighted by Crippen LogP contribution is 2.35. The zero-order chi connectivity index (χ0) is 21.4. The molecule has 0 saturated heterocycles. The number of aromatic nitrogens is 3. The molecule has 0 aliphatic carbocycles. The lowest BCUT2D eigenvalue weighted by Crippen LogP contribution is -2.29. The zero-order valence-corrected chi connectivity index (χ0v) is 18.5. The van der Waals surface area contributed by atoms with Gasteiger partial charge in [-0.1, -0.05) is 41.9 Å². The standard InChI is InChI=1S/C24H17ClN4O2.ClH/c1-28(18-5-3-2-4-6-18)24(30)31-23-22-20-9-8-17(25)15-16(20)7-10-21(22)29(27-23)19-11-13-26-14-12-19;/h2-15H,1H3;1H. The van der Waals surface area contributed by atoms with Crippen LogP contribution in [-0.2, 0) is 0 Å². The van der Waals surface area contributed by atoms with Crippen molar-refractivity contribution in [2.24, 2.45) is 0 Å². The third-order valence-electron chi connectivity index (χ3n) is 5.10. The van der Waals surface area contributed by atoms with E-state index in [1.165, 1.54) is 4.90 Å². The van der Waals surface area contributed by atoms with E-state index in [1.54, 1.807) is 24.1 Å². The Hall–Kier alpha value is -3.61. The molecule has 5 aromatic rings. The molecular formula is C24H18Cl2N4O2. The van der Waals surface area contributed by atoms with Crippen LogP contribution in [0.4, 0.5) is 10.5 Å². The average Bonchev–Trinajstić information content (AvgIpc) is 3.18. The van der Waals surface area contributed by atoms with Crippen LogP contribution in [0.2, 0.25) is 5.02 Å². The highest BCUT2D eigenvalue weighted by Gasteiger charge is 2.21. The fraction of sp³-hybridized carbons (Fsp3) is 0.0417. The Labute approximate surface area is 195 Å². The first-order valence-corrected chi connectivity index (χ1v) is 10.0. The largest absolute Gasteiger partial charge is 0.420 e. The van der Waals surface area contributed by atoms with Gasteiger partial charge < -0.3 is 4.74 Å². The van der Waals surface area contributed by atoms with Crippen molar-refractivity contribution in [2.75, 3.05) is 11.9 Å². The second-order valence-electron chi connectivity index (χ2n) is 7.01. The SMILES string of the molecule is CN(C(=O)Oc1nn(-c2ccncc2)c2ccc3cc(Cl)ccc3c12)c1ccccc1.Cl. The van der Waals surface area contributed by atoms with Gasteiger partial charge in [0, 0.05) is 30.2 Å². The van der Waals surface area contributed by atoms with Crippen LogP contribution < -0.4 is 9.64 Å². The number of hydrogen-bond donors (Lipinski definition) is 0. The summed E-state index contributed by atoms with van der Waals surface area (Å²) in [5.74, 6) is 0.229. The van der Waals surface area contributed by atoms with Crippen LogP contribution in [0, 0.1) is 0 Å². The number of rotatable bonds is 3. The Balaban J connectivity index is 0.00000245. The van der Waals surface area contributed by atoms with Crippen molar-refractivity contribution in [2.45, 2.75) is 0 Å². The molecule has 0 N–H and O–H groups in total. The van der Waals surface area contributed by atoms with Crippen LogP contribution in [-0.4, -0.2) is 27.9 Å². The topological polar surface area (TPSA) is 60.3 Å². The van der Waals surface area contributed by atoms with Gasteiger partial charge in [0.2, 0.25) is 0 Å². The number of halogens is 2. The molecule has 1 amide bonds. The minimum absolute atomic E-state index is 0. The molecule has 6 nitrogen and oxygen atoms in total. The van der Waals surface area contributed by atoms with E-state index in [0.717, 1.165) is 33.1 Å². The van der Waals surface area contributed by atoms with Crippen molar-refractivity contribution in [1.82, 2.24) is 14.8 Å². The number of anilines is 1. The molecule has 0 unspecified atom stereocenters. The van der Waals surface area contributed by atoms with Crippen LogP contribution in [0.3, 0.4) is 0 Å². The van der Waals surface area contributed by atoms with Crippen LogP contribution in [0.15, 0.2) is 85.2 Å². The molecule has 0 atom stereocenters. The van der Waals surface area contributed by atoms with Gasteiger partial charge in [0.1, 0.15) is 0 Å². The lowest BCUT2D eigenvalue weighted by atomic mass is 10.1. The number of hydrogen-bond acceptors (Lipinski definition) is 4. The van der Waals surface area contributed by atoms with E-state index in [0.29, 0.717) is 5.02 Å². The van der Waals surface area contributed by atoms with Crippen molar-refractivity contribution in [3.63, 3.8) is 0 Å². The number of nitrogens with zero attached hydrogens (tertiary/aromatic N) is 4. The maximum absolute atomic E-state index is 12.9. The van der Waals surface area contributed by atoms with Crippen molar-refractivity contribution in [3.05, 3.63) is 90.2 Å². The normalized spacial score (nSPS) is 10.7. The van der Waals surface area contributed by atoms with Gasteiger partial charge in [-0.25, -0.2) is 9.48 Å². The Bertz CT molecular complexity index is 1410. The van der Waals surface area contributed by atoms with Crippen LogP contribution in [0.25, 0.3) is 27.4 Å². The van der Waals surface area contributed by atoms with Gasteiger partial charge in [-0.3, -0.25) is 9.88 Å². The van der Waals surface area contributed by atoms with Crippen molar-refractivity contribution < 1.29 is 9.53 Å².